The Morgan fingerprint density at radius 2 is 2.29 bits per heavy atom. The monoisotopic (exact) mass is 425 g/mol. The van der Waals surface area contributed by atoms with Gasteiger partial charge in [0.05, 0.1) is 12.2 Å². The third kappa shape index (κ3) is 3.53. The number of thiazole rings is 1. The van der Waals surface area contributed by atoms with Gasteiger partial charge in [0.2, 0.25) is 5.89 Å². The van der Waals surface area contributed by atoms with Gasteiger partial charge in [-0.2, -0.15) is 0 Å². The van der Waals surface area contributed by atoms with Crippen LogP contribution < -0.4 is 11.1 Å². The molecule has 0 bridgehead atoms. The van der Waals surface area contributed by atoms with Gasteiger partial charge in [-0.05, 0) is 20.3 Å². The van der Waals surface area contributed by atoms with Crippen LogP contribution in [0.5, 0.6) is 0 Å². The lowest BCUT2D eigenvalue weighted by molar-refractivity contribution is -0.109. The lowest BCUT2D eigenvalue weighted by Crippen LogP contribution is -2.52. The van der Waals surface area contributed by atoms with E-state index in [1.54, 1.807) is 17.1 Å². The van der Waals surface area contributed by atoms with Crippen LogP contribution in [0.15, 0.2) is 21.1 Å². The first-order valence-corrected chi connectivity index (χ1v) is 10.6. The number of oxazole rings is 1. The van der Waals surface area contributed by atoms with Gasteiger partial charge in [0.1, 0.15) is 22.6 Å². The number of hydrogen-bond acceptors (Lipinski definition) is 9. The third-order valence-electron chi connectivity index (χ3n) is 4.85. The zero-order valence-electron chi connectivity index (χ0n) is 15.4. The quantitative estimate of drug-likeness (QED) is 0.774. The van der Waals surface area contributed by atoms with Crippen LogP contribution in [0.4, 0.5) is 10.2 Å². The molecular weight excluding hydrogens is 405 g/mol. The molecular formula is C17H20FN5O3S2. The number of fused-ring (bicyclic) bond motifs is 1. The van der Waals surface area contributed by atoms with Crippen LogP contribution in [0.2, 0.25) is 0 Å². The molecule has 4 rings (SSSR count). The largest absolute Gasteiger partial charge is 0.445 e. The number of amides is 1. The van der Waals surface area contributed by atoms with Gasteiger partial charge in [0, 0.05) is 17.1 Å². The van der Waals surface area contributed by atoms with E-state index in [1.807, 2.05) is 0 Å². The van der Waals surface area contributed by atoms with Crippen LogP contribution >= 0.6 is 23.1 Å². The van der Waals surface area contributed by atoms with Crippen LogP contribution in [0.25, 0.3) is 0 Å². The van der Waals surface area contributed by atoms with Crippen molar-refractivity contribution in [1.82, 2.24) is 9.97 Å². The minimum absolute atomic E-state index is 0.00248. The van der Waals surface area contributed by atoms with E-state index in [4.69, 9.17) is 19.9 Å². The van der Waals surface area contributed by atoms with Crippen LogP contribution in [0, 0.1) is 5.92 Å². The normalized spacial score (nSPS) is 26.4. The van der Waals surface area contributed by atoms with Crippen molar-refractivity contribution in [1.29, 1.82) is 0 Å². The summed E-state index contributed by atoms with van der Waals surface area (Å²) in [4.78, 5) is 25.4. The van der Waals surface area contributed by atoms with Crippen molar-refractivity contribution in [2.45, 2.75) is 38.1 Å². The molecule has 8 nitrogen and oxygen atoms in total. The second kappa shape index (κ2) is 7.12. The molecule has 1 saturated heterocycles. The fourth-order valence-corrected chi connectivity index (χ4v) is 5.40. The number of aliphatic imine (C=N–C) groups is 1. The van der Waals surface area contributed by atoms with Crippen LogP contribution in [0.1, 0.15) is 41.7 Å². The first kappa shape index (κ1) is 19.3. The summed E-state index contributed by atoms with van der Waals surface area (Å²) in [7, 11) is 0. The van der Waals surface area contributed by atoms with Crippen molar-refractivity contribution in [2.75, 3.05) is 17.7 Å². The molecule has 0 aliphatic carbocycles. The molecule has 0 unspecified atom stereocenters. The van der Waals surface area contributed by atoms with Gasteiger partial charge >= 0.3 is 0 Å². The maximum atomic E-state index is 12.5. The van der Waals surface area contributed by atoms with Gasteiger partial charge in [-0.15, -0.1) is 11.3 Å². The number of amidine groups is 1. The fourth-order valence-electron chi connectivity index (χ4n) is 3.45. The van der Waals surface area contributed by atoms with Gasteiger partial charge in [-0.1, -0.05) is 11.8 Å². The average Bonchev–Trinajstić information content (AvgIpc) is 3.31. The van der Waals surface area contributed by atoms with E-state index in [0.29, 0.717) is 17.6 Å². The van der Waals surface area contributed by atoms with Crippen molar-refractivity contribution in [3.05, 3.63) is 28.2 Å². The molecule has 28 heavy (non-hydrogen) atoms. The number of hydrogen-bond donors (Lipinski definition) is 2. The number of alkyl halides is 1. The Morgan fingerprint density at radius 1 is 1.46 bits per heavy atom. The molecule has 1 fully saturated rings. The van der Waals surface area contributed by atoms with E-state index < -0.39 is 18.1 Å². The third-order valence-corrected chi connectivity index (χ3v) is 6.82. The molecule has 2 aliphatic rings. The fraction of sp³-hybridized carbons (Fsp3) is 0.529. The molecule has 0 radical (unpaired) electrons. The molecule has 0 spiro atoms. The number of halogens is 1. The van der Waals surface area contributed by atoms with Crippen molar-refractivity contribution in [3.63, 3.8) is 0 Å². The van der Waals surface area contributed by atoms with Crippen molar-refractivity contribution >= 4 is 40.0 Å². The lowest BCUT2D eigenvalue weighted by atomic mass is 9.77. The molecule has 2 aromatic rings. The molecule has 0 aromatic carbocycles. The van der Waals surface area contributed by atoms with Crippen LogP contribution in [-0.4, -0.2) is 39.0 Å². The van der Waals surface area contributed by atoms with Crippen LogP contribution in [-0.2, 0) is 17.0 Å². The van der Waals surface area contributed by atoms with Crippen molar-refractivity contribution < 1.29 is 18.3 Å². The Bertz CT molecular complexity index is 928. The molecule has 0 saturated carbocycles. The highest BCUT2D eigenvalue weighted by Crippen LogP contribution is 2.49. The molecule has 3 N–H and O–H groups in total. The Balaban J connectivity index is 1.58. The molecule has 2 aromatic heterocycles. The number of aromatic nitrogens is 2. The summed E-state index contributed by atoms with van der Waals surface area (Å²) >= 11 is 2.95. The molecule has 2 atom stereocenters. The van der Waals surface area contributed by atoms with Crippen molar-refractivity contribution in [2.24, 2.45) is 16.6 Å². The zero-order valence-corrected chi connectivity index (χ0v) is 17.0. The summed E-state index contributed by atoms with van der Waals surface area (Å²) in [6.45, 7) is 3.66. The van der Waals surface area contributed by atoms with E-state index in [0.717, 1.165) is 23.4 Å². The molecule has 150 valence electrons. The van der Waals surface area contributed by atoms with Gasteiger partial charge < -0.3 is 20.2 Å². The number of nitrogens with one attached hydrogen (secondary N) is 1. The predicted molar refractivity (Wildman–Crippen MR) is 105 cm³/mol. The predicted octanol–water partition coefficient (Wildman–Crippen LogP) is 2.92. The first-order chi connectivity index (χ1) is 13.3. The van der Waals surface area contributed by atoms with Gasteiger partial charge in [-0.3, -0.25) is 4.79 Å². The number of anilines is 1. The standard InChI is InChI=1S/C17H20FN5O3S2/c1-16(2)3-9-6-28-15(19)23-17(9,8-26-16)14-22-11(7-27-14)21-13(24)10-5-25-12(4-18)20-10/h5,7,9H,3-4,6,8H2,1-2H3,(H2,19,23)(H,21,24)/t9-,17-/m0/s1. The van der Waals surface area contributed by atoms with E-state index in [2.05, 4.69) is 29.1 Å². The number of thioether (sulfide) groups is 1. The van der Waals surface area contributed by atoms with Gasteiger partial charge in [0.15, 0.2) is 17.5 Å². The van der Waals surface area contributed by atoms with Gasteiger partial charge in [0.25, 0.3) is 5.91 Å². The zero-order chi connectivity index (χ0) is 19.9. The summed E-state index contributed by atoms with van der Waals surface area (Å²) in [5, 5.41) is 5.66. The number of rotatable bonds is 4. The highest BCUT2D eigenvalue weighted by molar-refractivity contribution is 8.13. The topological polar surface area (TPSA) is 116 Å². The number of nitrogens with zero attached hydrogens (tertiary/aromatic N) is 3. The Labute approximate surface area is 169 Å². The summed E-state index contributed by atoms with van der Waals surface area (Å²) in [6.07, 6.45) is 1.95. The summed E-state index contributed by atoms with van der Waals surface area (Å²) < 4.78 is 23.5. The number of ether oxygens (including phenoxy) is 1. The maximum Gasteiger partial charge on any atom is 0.278 e. The number of nitrogens with two attached hydrogens (primary N) is 1. The highest BCUT2D eigenvalue weighted by atomic mass is 32.2. The Kier molecular flexibility index (Phi) is 4.92. The SMILES string of the molecule is CC1(C)C[C@H]2CSC(N)=N[C@@]2(c2nc(NC(=O)c3coc(CF)n3)cs2)CO1. The molecule has 2 aliphatic heterocycles. The first-order valence-electron chi connectivity index (χ1n) is 8.71. The van der Waals surface area contributed by atoms with E-state index >= 15 is 0 Å². The molecule has 4 heterocycles. The van der Waals surface area contributed by atoms with E-state index in [-0.39, 0.29) is 23.1 Å². The smallest absolute Gasteiger partial charge is 0.278 e. The molecule has 1 amide bonds. The summed E-state index contributed by atoms with van der Waals surface area (Å²) in [5.41, 5.74) is 5.15. The highest BCUT2D eigenvalue weighted by Gasteiger charge is 2.52. The molecule has 11 heteroatoms. The minimum Gasteiger partial charge on any atom is -0.445 e. The van der Waals surface area contributed by atoms with Gasteiger partial charge in [-0.25, -0.2) is 19.4 Å². The van der Waals surface area contributed by atoms with E-state index in [1.165, 1.54) is 11.3 Å². The Hall–Kier alpha value is -1.98. The second-order valence-electron chi connectivity index (χ2n) is 7.39. The number of carbonyl (C=O) groups is 1. The summed E-state index contributed by atoms with van der Waals surface area (Å²) in [5.74, 6) is 0.787. The van der Waals surface area contributed by atoms with Crippen molar-refractivity contribution in [3.8, 4) is 0 Å². The minimum atomic E-state index is -0.869. The van der Waals surface area contributed by atoms with E-state index in [9.17, 15) is 9.18 Å². The number of carbonyl (C=O) groups excluding carboxylic acids is 1. The maximum absolute atomic E-state index is 12.5. The average molecular weight is 426 g/mol. The Morgan fingerprint density at radius 3 is 3.04 bits per heavy atom. The lowest BCUT2D eigenvalue weighted by Gasteiger charge is -2.47. The van der Waals surface area contributed by atoms with Crippen LogP contribution in [0.3, 0.4) is 0 Å². The summed E-state index contributed by atoms with van der Waals surface area (Å²) in [6, 6.07) is 0. The second-order valence-corrected chi connectivity index (χ2v) is 9.29.